The lowest BCUT2D eigenvalue weighted by Crippen LogP contribution is -2.32. The highest BCUT2D eigenvalue weighted by Crippen LogP contribution is 2.12. The number of amides is 2. The maximum absolute atomic E-state index is 12.3. The van der Waals surface area contributed by atoms with E-state index >= 15 is 0 Å². The van der Waals surface area contributed by atoms with Crippen LogP contribution in [0.4, 0.5) is 6.01 Å². The van der Waals surface area contributed by atoms with Gasteiger partial charge in [-0.1, -0.05) is 13.8 Å². The lowest BCUT2D eigenvalue weighted by molar-refractivity contribution is 0.0749. The predicted octanol–water partition coefficient (Wildman–Crippen LogP) is 2.78. The van der Waals surface area contributed by atoms with Gasteiger partial charge < -0.3 is 13.7 Å². The first-order valence-electron chi connectivity index (χ1n) is 7.25. The van der Waals surface area contributed by atoms with Crippen molar-refractivity contribution in [1.82, 2.24) is 9.88 Å². The van der Waals surface area contributed by atoms with E-state index in [9.17, 15) is 9.59 Å². The van der Waals surface area contributed by atoms with Gasteiger partial charge in [0.25, 0.3) is 11.8 Å². The first-order valence-corrected chi connectivity index (χ1v) is 7.25. The first-order chi connectivity index (χ1) is 10.7. The third kappa shape index (κ3) is 3.75. The Bertz CT molecular complexity index is 613. The summed E-state index contributed by atoms with van der Waals surface area (Å²) in [6.07, 6.45) is 4.38. The van der Waals surface area contributed by atoms with Crippen molar-refractivity contribution in [2.75, 3.05) is 18.4 Å². The van der Waals surface area contributed by atoms with E-state index in [-0.39, 0.29) is 23.4 Å². The van der Waals surface area contributed by atoms with Crippen molar-refractivity contribution in [3.05, 3.63) is 36.1 Å². The molecule has 2 aromatic rings. The van der Waals surface area contributed by atoms with E-state index in [0.29, 0.717) is 13.1 Å². The average molecular weight is 305 g/mol. The van der Waals surface area contributed by atoms with Gasteiger partial charge in [0.2, 0.25) is 0 Å². The fourth-order valence-electron chi connectivity index (χ4n) is 2.01. The second-order valence-electron chi connectivity index (χ2n) is 4.76. The van der Waals surface area contributed by atoms with Crippen LogP contribution in [0.5, 0.6) is 0 Å². The summed E-state index contributed by atoms with van der Waals surface area (Å²) >= 11 is 0. The van der Waals surface area contributed by atoms with Gasteiger partial charge in [-0.3, -0.25) is 14.9 Å². The van der Waals surface area contributed by atoms with Crippen molar-refractivity contribution in [1.29, 1.82) is 0 Å². The van der Waals surface area contributed by atoms with Crippen molar-refractivity contribution in [3.63, 3.8) is 0 Å². The minimum absolute atomic E-state index is 0.0299. The van der Waals surface area contributed by atoms with Gasteiger partial charge in [-0.2, -0.15) is 4.98 Å². The number of carbonyl (C=O) groups is 2. The minimum atomic E-state index is -0.482. The van der Waals surface area contributed by atoms with Gasteiger partial charge in [-0.15, -0.1) is 0 Å². The van der Waals surface area contributed by atoms with E-state index in [2.05, 4.69) is 10.3 Å². The van der Waals surface area contributed by atoms with Crippen molar-refractivity contribution >= 4 is 17.8 Å². The summed E-state index contributed by atoms with van der Waals surface area (Å²) in [5, 5.41) is 2.44. The first kappa shape index (κ1) is 15.8. The minimum Gasteiger partial charge on any atom is -0.459 e. The molecule has 0 spiro atoms. The van der Waals surface area contributed by atoms with Gasteiger partial charge >= 0.3 is 6.01 Å². The van der Waals surface area contributed by atoms with Crippen LogP contribution in [0.3, 0.4) is 0 Å². The molecule has 2 amide bonds. The van der Waals surface area contributed by atoms with Crippen LogP contribution in [0.1, 0.15) is 47.7 Å². The lowest BCUT2D eigenvalue weighted by atomic mass is 10.3. The fourth-order valence-corrected chi connectivity index (χ4v) is 2.01. The number of carbonyl (C=O) groups excluding carboxylic acids is 2. The van der Waals surface area contributed by atoms with Gasteiger partial charge in [0.15, 0.2) is 11.5 Å². The molecule has 0 saturated heterocycles. The van der Waals surface area contributed by atoms with E-state index in [1.54, 1.807) is 11.0 Å². The van der Waals surface area contributed by atoms with Crippen LogP contribution in [0.15, 0.2) is 33.5 Å². The third-order valence-corrected chi connectivity index (χ3v) is 2.96. The Hall–Kier alpha value is -2.57. The van der Waals surface area contributed by atoms with Crippen molar-refractivity contribution < 1.29 is 18.4 Å². The Kier molecular flexibility index (Phi) is 5.35. The summed E-state index contributed by atoms with van der Waals surface area (Å²) < 4.78 is 10.1. The molecule has 2 heterocycles. The summed E-state index contributed by atoms with van der Waals surface area (Å²) in [6, 6.07) is 3.10. The number of hydrogen-bond donors (Lipinski definition) is 1. The monoisotopic (exact) mass is 305 g/mol. The van der Waals surface area contributed by atoms with Crippen LogP contribution in [-0.4, -0.2) is 34.8 Å². The Morgan fingerprint density at radius 1 is 1.23 bits per heavy atom. The predicted molar refractivity (Wildman–Crippen MR) is 79.6 cm³/mol. The molecule has 0 aliphatic heterocycles. The zero-order chi connectivity index (χ0) is 15.9. The zero-order valence-electron chi connectivity index (χ0n) is 12.7. The second-order valence-corrected chi connectivity index (χ2v) is 4.76. The van der Waals surface area contributed by atoms with E-state index in [0.717, 1.165) is 12.8 Å². The highest BCUT2D eigenvalue weighted by atomic mass is 16.4. The van der Waals surface area contributed by atoms with Crippen LogP contribution in [0.25, 0.3) is 0 Å². The van der Waals surface area contributed by atoms with E-state index in [1.165, 1.54) is 18.6 Å². The van der Waals surface area contributed by atoms with E-state index in [4.69, 9.17) is 8.83 Å². The Balaban J connectivity index is 2.03. The molecule has 0 aliphatic rings. The molecule has 0 atom stereocenters. The molecular weight excluding hydrogens is 286 g/mol. The average Bonchev–Trinajstić information content (AvgIpc) is 3.17. The SMILES string of the molecule is CCCN(CCC)C(=O)c1coc(NC(=O)c2ccco2)n1. The van der Waals surface area contributed by atoms with Crippen LogP contribution in [0.2, 0.25) is 0 Å². The van der Waals surface area contributed by atoms with Gasteiger partial charge in [0.05, 0.1) is 6.26 Å². The molecule has 7 heteroatoms. The maximum Gasteiger partial charge on any atom is 0.302 e. The van der Waals surface area contributed by atoms with Crippen LogP contribution in [0, 0.1) is 0 Å². The fraction of sp³-hybridized carbons (Fsp3) is 0.400. The molecule has 7 nitrogen and oxygen atoms in total. The molecule has 2 rings (SSSR count). The second kappa shape index (κ2) is 7.44. The van der Waals surface area contributed by atoms with Crippen LogP contribution < -0.4 is 5.32 Å². The quantitative estimate of drug-likeness (QED) is 0.849. The number of hydrogen-bond acceptors (Lipinski definition) is 5. The van der Waals surface area contributed by atoms with Crippen molar-refractivity contribution in [3.8, 4) is 0 Å². The van der Waals surface area contributed by atoms with Gasteiger partial charge in [-0.25, -0.2) is 0 Å². The third-order valence-electron chi connectivity index (χ3n) is 2.96. The van der Waals surface area contributed by atoms with E-state index < -0.39 is 5.91 Å². The van der Waals surface area contributed by atoms with Gasteiger partial charge in [0.1, 0.15) is 6.26 Å². The smallest absolute Gasteiger partial charge is 0.302 e. The number of anilines is 1. The molecule has 118 valence electrons. The molecule has 0 unspecified atom stereocenters. The molecule has 1 N–H and O–H groups in total. The highest BCUT2D eigenvalue weighted by Gasteiger charge is 2.20. The molecule has 0 radical (unpaired) electrons. The van der Waals surface area contributed by atoms with Crippen LogP contribution in [-0.2, 0) is 0 Å². The molecular formula is C15H19N3O4. The number of oxazole rings is 1. The van der Waals surface area contributed by atoms with Gasteiger partial charge in [-0.05, 0) is 25.0 Å². The molecule has 0 aliphatic carbocycles. The topological polar surface area (TPSA) is 88.6 Å². The summed E-state index contributed by atoms with van der Waals surface area (Å²) in [7, 11) is 0. The van der Waals surface area contributed by atoms with Crippen molar-refractivity contribution in [2.45, 2.75) is 26.7 Å². The summed E-state index contributed by atoms with van der Waals surface area (Å²) in [6.45, 7) is 5.34. The largest absolute Gasteiger partial charge is 0.459 e. The Morgan fingerprint density at radius 2 is 1.95 bits per heavy atom. The molecule has 2 aromatic heterocycles. The maximum atomic E-state index is 12.3. The number of nitrogens with one attached hydrogen (secondary N) is 1. The molecule has 0 bridgehead atoms. The van der Waals surface area contributed by atoms with Crippen LogP contribution >= 0.6 is 0 Å². The normalized spacial score (nSPS) is 10.5. The standard InChI is InChI=1S/C15H19N3O4/c1-3-7-18(8-4-2)14(20)11-10-22-15(16-11)17-13(19)12-6-5-9-21-12/h5-6,9-10H,3-4,7-8H2,1-2H3,(H,16,17,19). The zero-order valence-corrected chi connectivity index (χ0v) is 12.7. The summed E-state index contributed by atoms with van der Waals surface area (Å²) in [5.41, 5.74) is 0.177. The molecule has 0 saturated carbocycles. The highest BCUT2D eigenvalue weighted by molar-refractivity contribution is 6.01. The summed E-state index contributed by atoms with van der Waals surface area (Å²) in [5.74, 6) is -0.541. The number of rotatable bonds is 7. The molecule has 0 aromatic carbocycles. The number of nitrogens with zero attached hydrogens (tertiary/aromatic N) is 2. The van der Waals surface area contributed by atoms with Gasteiger partial charge in [0, 0.05) is 13.1 Å². The van der Waals surface area contributed by atoms with E-state index in [1.807, 2.05) is 13.8 Å². The molecule has 0 fully saturated rings. The van der Waals surface area contributed by atoms with Crippen molar-refractivity contribution in [2.24, 2.45) is 0 Å². The summed E-state index contributed by atoms with van der Waals surface area (Å²) in [4.78, 5) is 29.8. The number of aromatic nitrogens is 1. The Morgan fingerprint density at radius 3 is 2.55 bits per heavy atom. The molecule has 22 heavy (non-hydrogen) atoms. The number of furan rings is 1. The lowest BCUT2D eigenvalue weighted by Gasteiger charge is -2.19. The Labute approximate surface area is 128 Å².